The van der Waals surface area contributed by atoms with E-state index in [2.05, 4.69) is 53.3 Å². The molecule has 0 aliphatic rings. The van der Waals surface area contributed by atoms with E-state index in [9.17, 15) is 0 Å². The highest BCUT2D eigenvalue weighted by Crippen LogP contribution is 2.29. The van der Waals surface area contributed by atoms with Crippen LogP contribution in [-0.4, -0.2) is 19.7 Å². The number of nitrogens with zero attached hydrogens (tertiary/aromatic N) is 4. The summed E-state index contributed by atoms with van der Waals surface area (Å²) >= 11 is 7.98. The van der Waals surface area contributed by atoms with E-state index in [1.807, 2.05) is 28.8 Å². The number of benzene rings is 2. The van der Waals surface area contributed by atoms with Gasteiger partial charge in [-0.3, -0.25) is 4.57 Å². The molecule has 0 bridgehead atoms. The van der Waals surface area contributed by atoms with Gasteiger partial charge in [0.1, 0.15) is 11.5 Å². The van der Waals surface area contributed by atoms with E-state index in [1.165, 1.54) is 11.1 Å². The van der Waals surface area contributed by atoms with Crippen LogP contribution in [0.3, 0.4) is 0 Å². The van der Waals surface area contributed by atoms with E-state index in [0.29, 0.717) is 10.9 Å². The molecule has 0 fully saturated rings. The van der Waals surface area contributed by atoms with Crippen molar-refractivity contribution >= 4 is 34.3 Å². The predicted molar refractivity (Wildman–Crippen MR) is 107 cm³/mol. The maximum atomic E-state index is 6.38. The predicted octanol–water partition coefficient (Wildman–Crippen LogP) is 5.38. The van der Waals surface area contributed by atoms with Gasteiger partial charge in [0.2, 0.25) is 0 Å². The van der Waals surface area contributed by atoms with Gasteiger partial charge in [-0.25, -0.2) is 4.98 Å². The van der Waals surface area contributed by atoms with Crippen molar-refractivity contribution in [2.24, 2.45) is 0 Å². The lowest BCUT2D eigenvalue weighted by atomic mass is 10.1. The van der Waals surface area contributed by atoms with Crippen LogP contribution in [0.15, 0.2) is 60.0 Å². The molecule has 0 radical (unpaired) electrons. The third-order valence-corrected chi connectivity index (χ3v) is 5.55. The maximum absolute atomic E-state index is 6.38. The summed E-state index contributed by atoms with van der Waals surface area (Å²) in [6.45, 7) is 4.19. The van der Waals surface area contributed by atoms with E-state index in [0.717, 1.165) is 27.3 Å². The molecule has 0 spiro atoms. The Balaban J connectivity index is 1.62. The van der Waals surface area contributed by atoms with Gasteiger partial charge in [0.05, 0.1) is 11.2 Å². The van der Waals surface area contributed by atoms with Crippen molar-refractivity contribution < 1.29 is 0 Å². The average molecular weight is 381 g/mol. The average Bonchev–Trinajstić information content (AvgIpc) is 3.08. The molecule has 0 unspecified atom stereocenters. The Morgan fingerprint density at radius 3 is 2.77 bits per heavy atom. The van der Waals surface area contributed by atoms with Crippen LogP contribution in [0.1, 0.15) is 16.7 Å². The number of hydrogen-bond donors (Lipinski definition) is 0. The van der Waals surface area contributed by atoms with Crippen LogP contribution in [0.2, 0.25) is 5.15 Å². The fraction of sp³-hybridized carbons (Fsp3) is 0.150. The molecule has 0 N–H and O–H groups in total. The zero-order chi connectivity index (χ0) is 18.1. The smallest absolute Gasteiger partial charge is 0.195 e. The summed E-state index contributed by atoms with van der Waals surface area (Å²) < 4.78 is 2.02. The van der Waals surface area contributed by atoms with Crippen LogP contribution < -0.4 is 0 Å². The van der Waals surface area contributed by atoms with E-state index in [-0.39, 0.29) is 0 Å². The van der Waals surface area contributed by atoms with Crippen molar-refractivity contribution in [1.29, 1.82) is 0 Å². The van der Waals surface area contributed by atoms with Gasteiger partial charge in [-0.2, -0.15) is 0 Å². The number of fused-ring (bicyclic) bond motifs is 1. The van der Waals surface area contributed by atoms with Gasteiger partial charge in [0, 0.05) is 16.7 Å². The monoisotopic (exact) mass is 380 g/mol. The Morgan fingerprint density at radius 2 is 1.92 bits per heavy atom. The molecule has 4 aromatic rings. The number of pyridine rings is 1. The number of thioether (sulfide) groups is 1. The molecule has 2 aromatic heterocycles. The van der Waals surface area contributed by atoms with Crippen molar-refractivity contribution in [3.63, 3.8) is 0 Å². The van der Waals surface area contributed by atoms with E-state index < -0.39 is 0 Å². The van der Waals surface area contributed by atoms with Gasteiger partial charge in [0.15, 0.2) is 5.16 Å². The standard InChI is InChI=1S/C20H17ClN4S/c1-13-7-8-18(14(2)9-13)25-12-22-24-20(25)26-11-16-10-15-5-3-4-6-17(15)23-19(16)21/h3-10,12H,11H2,1-2H3. The van der Waals surface area contributed by atoms with Crippen molar-refractivity contribution in [3.8, 4) is 5.69 Å². The van der Waals surface area contributed by atoms with E-state index in [1.54, 1.807) is 18.1 Å². The molecule has 0 saturated heterocycles. The fourth-order valence-corrected chi connectivity index (χ4v) is 4.13. The normalized spacial score (nSPS) is 11.2. The summed E-state index contributed by atoms with van der Waals surface area (Å²) in [4.78, 5) is 4.49. The lowest BCUT2D eigenvalue weighted by molar-refractivity contribution is 0.877. The first-order chi connectivity index (χ1) is 12.6. The first-order valence-corrected chi connectivity index (χ1v) is 9.63. The number of halogens is 1. The quantitative estimate of drug-likeness (QED) is 0.352. The Morgan fingerprint density at radius 1 is 1.08 bits per heavy atom. The molecule has 2 aromatic carbocycles. The van der Waals surface area contributed by atoms with Gasteiger partial charge in [0.25, 0.3) is 0 Å². The summed E-state index contributed by atoms with van der Waals surface area (Å²) in [6, 6.07) is 16.4. The van der Waals surface area contributed by atoms with Gasteiger partial charge in [-0.05, 0) is 37.6 Å². The van der Waals surface area contributed by atoms with Crippen LogP contribution in [0.25, 0.3) is 16.6 Å². The van der Waals surface area contributed by atoms with Crippen molar-refractivity contribution in [3.05, 3.63) is 76.7 Å². The molecule has 0 aliphatic heterocycles. The minimum absolute atomic E-state index is 0.536. The Hall–Kier alpha value is -2.37. The third kappa shape index (κ3) is 3.32. The Bertz CT molecular complexity index is 1090. The lowest BCUT2D eigenvalue weighted by Crippen LogP contribution is -1.99. The molecule has 2 heterocycles. The molecule has 0 aliphatic carbocycles. The van der Waals surface area contributed by atoms with Gasteiger partial charge < -0.3 is 0 Å². The number of aryl methyl sites for hydroxylation is 2. The molecule has 26 heavy (non-hydrogen) atoms. The summed E-state index contributed by atoms with van der Waals surface area (Å²) in [5.74, 6) is 0.681. The SMILES string of the molecule is Cc1ccc(-n2cnnc2SCc2cc3ccccc3nc2Cl)c(C)c1. The van der Waals surface area contributed by atoms with Crippen LogP contribution in [0.4, 0.5) is 0 Å². The summed E-state index contributed by atoms with van der Waals surface area (Å²) in [5, 5.41) is 10.8. The summed E-state index contributed by atoms with van der Waals surface area (Å²) in [6.07, 6.45) is 1.75. The first kappa shape index (κ1) is 17.1. The van der Waals surface area contributed by atoms with Crippen LogP contribution >= 0.6 is 23.4 Å². The number of rotatable bonds is 4. The molecular formula is C20H17ClN4S. The third-order valence-electron chi connectivity index (χ3n) is 4.24. The molecule has 0 atom stereocenters. The topological polar surface area (TPSA) is 43.6 Å². The fourth-order valence-electron chi connectivity index (χ4n) is 2.94. The zero-order valence-corrected chi connectivity index (χ0v) is 16.1. The van der Waals surface area contributed by atoms with Crippen molar-refractivity contribution in [1.82, 2.24) is 19.7 Å². The van der Waals surface area contributed by atoms with Crippen LogP contribution in [0.5, 0.6) is 0 Å². The highest BCUT2D eigenvalue weighted by Gasteiger charge is 2.12. The first-order valence-electron chi connectivity index (χ1n) is 8.26. The molecule has 4 nitrogen and oxygen atoms in total. The minimum atomic E-state index is 0.536. The highest BCUT2D eigenvalue weighted by molar-refractivity contribution is 7.98. The number of aromatic nitrogens is 4. The highest BCUT2D eigenvalue weighted by atomic mass is 35.5. The largest absolute Gasteiger partial charge is 0.276 e. The molecule has 4 rings (SSSR count). The van der Waals surface area contributed by atoms with Crippen molar-refractivity contribution in [2.45, 2.75) is 24.8 Å². The minimum Gasteiger partial charge on any atom is -0.276 e. The van der Waals surface area contributed by atoms with E-state index in [4.69, 9.17) is 11.6 Å². The van der Waals surface area contributed by atoms with Crippen LogP contribution in [-0.2, 0) is 5.75 Å². The second-order valence-corrected chi connectivity index (χ2v) is 7.49. The molecule has 130 valence electrons. The maximum Gasteiger partial charge on any atom is 0.195 e. The van der Waals surface area contributed by atoms with Gasteiger partial charge in [-0.15, -0.1) is 10.2 Å². The second-order valence-electron chi connectivity index (χ2n) is 6.19. The van der Waals surface area contributed by atoms with E-state index >= 15 is 0 Å². The second kappa shape index (κ2) is 7.09. The molecule has 6 heteroatoms. The van der Waals surface area contributed by atoms with Gasteiger partial charge in [-0.1, -0.05) is 59.3 Å². The number of hydrogen-bond acceptors (Lipinski definition) is 4. The molecular weight excluding hydrogens is 364 g/mol. The Labute approximate surface area is 161 Å². The molecule has 0 saturated carbocycles. The van der Waals surface area contributed by atoms with Crippen LogP contribution in [0, 0.1) is 13.8 Å². The Kier molecular flexibility index (Phi) is 4.66. The number of para-hydroxylation sites is 1. The van der Waals surface area contributed by atoms with Gasteiger partial charge >= 0.3 is 0 Å². The summed E-state index contributed by atoms with van der Waals surface area (Å²) in [5.41, 5.74) is 5.42. The zero-order valence-electron chi connectivity index (χ0n) is 14.5. The lowest BCUT2D eigenvalue weighted by Gasteiger charge is -2.10. The summed E-state index contributed by atoms with van der Waals surface area (Å²) in [7, 11) is 0. The molecule has 0 amide bonds. The van der Waals surface area contributed by atoms with Crippen molar-refractivity contribution in [2.75, 3.05) is 0 Å².